The van der Waals surface area contributed by atoms with E-state index in [9.17, 15) is 9.90 Å². The SMILES string of the molecule is O=C(O)CCCC(O)c1ccc(Oc2ccccc2)cc1. The molecule has 0 aliphatic carbocycles. The van der Waals surface area contributed by atoms with E-state index < -0.39 is 12.1 Å². The van der Waals surface area contributed by atoms with Crippen LogP contribution in [0, 0.1) is 0 Å². The molecular formula is C17H18O4. The second kappa shape index (κ2) is 7.45. The van der Waals surface area contributed by atoms with Crippen LogP contribution in [-0.4, -0.2) is 16.2 Å². The summed E-state index contributed by atoms with van der Waals surface area (Å²) in [6.45, 7) is 0. The highest BCUT2D eigenvalue weighted by atomic mass is 16.5. The first-order chi connectivity index (χ1) is 10.1. The normalized spacial score (nSPS) is 11.9. The summed E-state index contributed by atoms with van der Waals surface area (Å²) in [5.41, 5.74) is 0.765. The minimum absolute atomic E-state index is 0.0757. The largest absolute Gasteiger partial charge is 0.481 e. The van der Waals surface area contributed by atoms with E-state index in [1.54, 1.807) is 24.3 Å². The molecule has 1 atom stereocenters. The van der Waals surface area contributed by atoms with Gasteiger partial charge >= 0.3 is 5.97 Å². The van der Waals surface area contributed by atoms with Crippen molar-refractivity contribution in [3.05, 3.63) is 60.2 Å². The number of rotatable bonds is 7. The van der Waals surface area contributed by atoms with Gasteiger partial charge < -0.3 is 14.9 Å². The maximum absolute atomic E-state index is 10.4. The molecule has 0 aliphatic rings. The molecule has 0 aromatic heterocycles. The molecule has 0 heterocycles. The van der Waals surface area contributed by atoms with Crippen molar-refractivity contribution in [2.45, 2.75) is 25.4 Å². The molecule has 0 saturated carbocycles. The summed E-state index contributed by atoms with van der Waals surface area (Å²) in [5.74, 6) is 0.615. The molecule has 2 N–H and O–H groups in total. The summed E-state index contributed by atoms with van der Waals surface area (Å²) in [5, 5.41) is 18.6. The summed E-state index contributed by atoms with van der Waals surface area (Å²) < 4.78 is 5.67. The fraction of sp³-hybridized carbons (Fsp3) is 0.235. The molecule has 4 nitrogen and oxygen atoms in total. The van der Waals surface area contributed by atoms with Gasteiger partial charge in [0.1, 0.15) is 11.5 Å². The number of hydrogen-bond donors (Lipinski definition) is 2. The van der Waals surface area contributed by atoms with Crippen LogP contribution >= 0.6 is 0 Å². The monoisotopic (exact) mass is 286 g/mol. The van der Waals surface area contributed by atoms with Crippen molar-refractivity contribution < 1.29 is 19.7 Å². The lowest BCUT2D eigenvalue weighted by molar-refractivity contribution is -0.137. The molecule has 21 heavy (non-hydrogen) atoms. The fourth-order valence-electron chi connectivity index (χ4n) is 2.00. The standard InChI is InChI=1S/C17H18O4/c18-16(7-4-8-17(19)20)13-9-11-15(12-10-13)21-14-5-2-1-3-6-14/h1-3,5-6,9-12,16,18H,4,7-8H2,(H,19,20). The second-order valence-corrected chi connectivity index (χ2v) is 4.79. The Bertz CT molecular complexity index is 563. The lowest BCUT2D eigenvalue weighted by Gasteiger charge is -2.11. The molecule has 0 bridgehead atoms. The molecule has 4 heteroatoms. The molecule has 0 fully saturated rings. The van der Waals surface area contributed by atoms with Crippen LogP contribution in [0.3, 0.4) is 0 Å². The highest BCUT2D eigenvalue weighted by Gasteiger charge is 2.09. The molecule has 0 radical (unpaired) electrons. The lowest BCUT2D eigenvalue weighted by Crippen LogP contribution is -2.00. The molecule has 1 unspecified atom stereocenters. The number of hydrogen-bond acceptors (Lipinski definition) is 3. The van der Waals surface area contributed by atoms with E-state index in [4.69, 9.17) is 9.84 Å². The summed E-state index contributed by atoms with van der Waals surface area (Å²) in [7, 11) is 0. The zero-order chi connectivity index (χ0) is 15.1. The molecule has 0 saturated heterocycles. The van der Waals surface area contributed by atoms with E-state index in [-0.39, 0.29) is 6.42 Å². The Kier molecular flexibility index (Phi) is 5.35. The van der Waals surface area contributed by atoms with Gasteiger partial charge in [0.25, 0.3) is 0 Å². The highest BCUT2D eigenvalue weighted by molar-refractivity contribution is 5.66. The van der Waals surface area contributed by atoms with Gasteiger partial charge in [-0.2, -0.15) is 0 Å². The van der Waals surface area contributed by atoms with Gasteiger partial charge in [0.15, 0.2) is 0 Å². The Morgan fingerprint density at radius 1 is 1.00 bits per heavy atom. The number of ether oxygens (including phenoxy) is 1. The summed E-state index contributed by atoms with van der Waals surface area (Å²) >= 11 is 0. The van der Waals surface area contributed by atoms with Crippen molar-refractivity contribution in [3.63, 3.8) is 0 Å². The van der Waals surface area contributed by atoms with Gasteiger partial charge in [-0.1, -0.05) is 30.3 Å². The second-order valence-electron chi connectivity index (χ2n) is 4.79. The minimum atomic E-state index is -0.839. The van der Waals surface area contributed by atoms with E-state index >= 15 is 0 Å². The predicted octanol–water partition coefficient (Wildman–Crippen LogP) is 3.77. The Hall–Kier alpha value is -2.33. The third kappa shape index (κ3) is 4.93. The molecule has 0 amide bonds. The van der Waals surface area contributed by atoms with Gasteiger partial charge in [0.2, 0.25) is 0 Å². The summed E-state index contributed by atoms with van der Waals surface area (Å²) in [6, 6.07) is 16.6. The topological polar surface area (TPSA) is 66.8 Å². The van der Waals surface area contributed by atoms with Crippen molar-refractivity contribution in [2.75, 3.05) is 0 Å². The van der Waals surface area contributed by atoms with Gasteiger partial charge in [-0.05, 0) is 42.7 Å². The number of aliphatic hydroxyl groups is 1. The summed E-state index contributed by atoms with van der Waals surface area (Å²) in [6.07, 6.45) is 0.325. The van der Waals surface area contributed by atoms with Gasteiger partial charge in [0.05, 0.1) is 6.10 Å². The number of carboxylic acid groups (broad SMARTS) is 1. The van der Waals surface area contributed by atoms with Crippen molar-refractivity contribution in [1.82, 2.24) is 0 Å². The maximum Gasteiger partial charge on any atom is 0.303 e. The Balaban J connectivity index is 1.90. The summed E-state index contributed by atoms with van der Waals surface area (Å²) in [4.78, 5) is 10.4. The number of carbonyl (C=O) groups is 1. The van der Waals surface area contributed by atoms with Gasteiger partial charge in [-0.25, -0.2) is 0 Å². The van der Waals surface area contributed by atoms with Crippen LogP contribution in [0.1, 0.15) is 30.9 Å². The molecule has 2 rings (SSSR count). The van der Waals surface area contributed by atoms with Crippen LogP contribution in [0.5, 0.6) is 11.5 Å². The van der Waals surface area contributed by atoms with E-state index in [1.807, 2.05) is 30.3 Å². The first-order valence-electron chi connectivity index (χ1n) is 6.88. The van der Waals surface area contributed by atoms with Crippen LogP contribution in [0.2, 0.25) is 0 Å². The smallest absolute Gasteiger partial charge is 0.303 e. The van der Waals surface area contributed by atoms with Gasteiger partial charge in [0, 0.05) is 6.42 Å². The van der Waals surface area contributed by atoms with Crippen molar-refractivity contribution in [1.29, 1.82) is 0 Å². The predicted molar refractivity (Wildman–Crippen MR) is 79.4 cm³/mol. The quantitative estimate of drug-likeness (QED) is 0.813. The van der Waals surface area contributed by atoms with Crippen molar-refractivity contribution in [3.8, 4) is 11.5 Å². The Morgan fingerprint density at radius 2 is 1.62 bits per heavy atom. The molecule has 2 aromatic carbocycles. The van der Waals surface area contributed by atoms with Crippen LogP contribution in [0.15, 0.2) is 54.6 Å². The first kappa shape index (κ1) is 15.1. The maximum atomic E-state index is 10.4. The van der Waals surface area contributed by atoms with Crippen LogP contribution in [0.4, 0.5) is 0 Å². The zero-order valence-corrected chi connectivity index (χ0v) is 11.6. The van der Waals surface area contributed by atoms with E-state index in [0.29, 0.717) is 18.6 Å². The first-order valence-corrected chi connectivity index (χ1v) is 6.88. The molecule has 0 aliphatic heterocycles. The number of para-hydroxylation sites is 1. The number of aliphatic hydroxyl groups excluding tert-OH is 1. The van der Waals surface area contributed by atoms with Crippen molar-refractivity contribution >= 4 is 5.97 Å². The Morgan fingerprint density at radius 3 is 2.24 bits per heavy atom. The van der Waals surface area contributed by atoms with E-state index in [2.05, 4.69) is 0 Å². The van der Waals surface area contributed by atoms with Crippen molar-refractivity contribution in [2.24, 2.45) is 0 Å². The fourth-order valence-corrected chi connectivity index (χ4v) is 2.00. The zero-order valence-electron chi connectivity index (χ0n) is 11.6. The van der Waals surface area contributed by atoms with Gasteiger partial charge in [-0.15, -0.1) is 0 Å². The van der Waals surface area contributed by atoms with E-state index in [0.717, 1.165) is 11.3 Å². The molecule has 0 spiro atoms. The van der Waals surface area contributed by atoms with Crippen LogP contribution in [0.25, 0.3) is 0 Å². The lowest BCUT2D eigenvalue weighted by atomic mass is 10.0. The number of carboxylic acids is 1. The minimum Gasteiger partial charge on any atom is -0.481 e. The van der Waals surface area contributed by atoms with Crippen LogP contribution in [-0.2, 0) is 4.79 Å². The highest BCUT2D eigenvalue weighted by Crippen LogP contribution is 2.25. The Labute approximate surface area is 123 Å². The average Bonchev–Trinajstić information content (AvgIpc) is 2.48. The van der Waals surface area contributed by atoms with E-state index in [1.165, 1.54) is 0 Å². The van der Waals surface area contributed by atoms with Gasteiger partial charge in [-0.3, -0.25) is 4.79 Å². The number of aliphatic carboxylic acids is 1. The van der Waals surface area contributed by atoms with Crippen LogP contribution < -0.4 is 4.74 Å². The number of benzene rings is 2. The third-order valence-electron chi connectivity index (χ3n) is 3.11. The average molecular weight is 286 g/mol. The third-order valence-corrected chi connectivity index (χ3v) is 3.11. The molecule has 2 aromatic rings. The molecule has 110 valence electrons. The molecular weight excluding hydrogens is 268 g/mol.